The molecule has 0 spiro atoms. The summed E-state index contributed by atoms with van der Waals surface area (Å²) in [6, 6.07) is 18.2. The lowest BCUT2D eigenvalue weighted by Gasteiger charge is -2.07. The van der Waals surface area contributed by atoms with E-state index in [4.69, 9.17) is 9.15 Å². The zero-order valence-corrected chi connectivity index (χ0v) is 14.8. The molecular formula is C23H18O4. The maximum absolute atomic E-state index is 12.3. The molecule has 0 bridgehead atoms. The summed E-state index contributed by atoms with van der Waals surface area (Å²) in [6.45, 7) is 2.51. The number of hydrogen-bond acceptors (Lipinski definition) is 4. The van der Waals surface area contributed by atoms with Crippen LogP contribution in [-0.4, -0.2) is 17.5 Å². The van der Waals surface area contributed by atoms with Crippen LogP contribution in [0.3, 0.4) is 0 Å². The molecule has 134 valence electrons. The van der Waals surface area contributed by atoms with Gasteiger partial charge >= 0.3 is 0 Å². The number of hydrogen-bond donors (Lipinski definition) is 1. The Balaban J connectivity index is 1.74. The molecule has 3 aromatic carbocycles. The number of ketones is 1. The van der Waals surface area contributed by atoms with Gasteiger partial charge in [-0.3, -0.25) is 4.79 Å². The molecule has 1 heterocycles. The van der Waals surface area contributed by atoms with Crippen LogP contribution in [0.25, 0.3) is 27.8 Å². The van der Waals surface area contributed by atoms with E-state index in [1.165, 1.54) is 12.1 Å². The summed E-state index contributed by atoms with van der Waals surface area (Å²) < 4.78 is 11.6. The van der Waals surface area contributed by atoms with E-state index in [0.29, 0.717) is 18.0 Å². The van der Waals surface area contributed by atoms with E-state index in [9.17, 15) is 9.90 Å². The molecule has 0 radical (unpaired) electrons. The van der Waals surface area contributed by atoms with Crippen molar-refractivity contribution in [1.29, 1.82) is 0 Å². The van der Waals surface area contributed by atoms with E-state index in [1.807, 2.05) is 43.3 Å². The first kappa shape index (κ1) is 16.9. The number of phenols is 1. The summed E-state index contributed by atoms with van der Waals surface area (Å²) in [5.74, 6) is 1.01. The van der Waals surface area contributed by atoms with Crippen LogP contribution in [0.15, 0.2) is 71.2 Å². The van der Waals surface area contributed by atoms with E-state index < -0.39 is 0 Å². The third-order valence-corrected chi connectivity index (χ3v) is 4.39. The molecule has 0 aliphatic carbocycles. The fraction of sp³-hybridized carbons (Fsp3) is 0.0870. The minimum Gasteiger partial charge on any atom is -0.507 e. The molecule has 0 unspecified atom stereocenters. The van der Waals surface area contributed by atoms with Crippen molar-refractivity contribution in [2.24, 2.45) is 0 Å². The highest BCUT2D eigenvalue weighted by molar-refractivity contribution is 6.10. The van der Waals surface area contributed by atoms with Crippen molar-refractivity contribution in [2.75, 3.05) is 6.61 Å². The molecule has 0 amide bonds. The number of phenolic OH excluding ortho intramolecular Hbond substituents is 1. The van der Waals surface area contributed by atoms with Crippen molar-refractivity contribution in [3.8, 4) is 11.5 Å². The highest BCUT2D eigenvalue weighted by Crippen LogP contribution is 2.35. The summed E-state index contributed by atoms with van der Waals surface area (Å²) in [4.78, 5) is 12.3. The quantitative estimate of drug-likeness (QED) is 0.373. The van der Waals surface area contributed by atoms with Crippen molar-refractivity contribution >= 4 is 33.6 Å². The van der Waals surface area contributed by atoms with Crippen LogP contribution < -0.4 is 4.74 Å². The van der Waals surface area contributed by atoms with Crippen LogP contribution in [-0.2, 0) is 0 Å². The second-order valence-electron chi connectivity index (χ2n) is 6.13. The van der Waals surface area contributed by atoms with Gasteiger partial charge in [0, 0.05) is 16.8 Å². The fourth-order valence-electron chi connectivity index (χ4n) is 3.16. The SMILES string of the molecule is CCOc1cc2oc(/C=C/C(=O)c3ccccc3O)cc2c2ccccc12. The number of ether oxygens (including phenoxy) is 1. The Labute approximate surface area is 156 Å². The van der Waals surface area contributed by atoms with Crippen LogP contribution >= 0.6 is 0 Å². The van der Waals surface area contributed by atoms with E-state index in [2.05, 4.69) is 0 Å². The maximum Gasteiger partial charge on any atom is 0.189 e. The average Bonchev–Trinajstić information content (AvgIpc) is 3.10. The molecule has 4 rings (SSSR count). The lowest BCUT2D eigenvalue weighted by Crippen LogP contribution is -1.93. The topological polar surface area (TPSA) is 59.7 Å². The summed E-state index contributed by atoms with van der Waals surface area (Å²) in [5.41, 5.74) is 0.959. The van der Waals surface area contributed by atoms with E-state index in [-0.39, 0.29) is 17.1 Å². The average molecular weight is 358 g/mol. The summed E-state index contributed by atoms with van der Waals surface area (Å²) in [6.07, 6.45) is 3.02. The van der Waals surface area contributed by atoms with Crippen LogP contribution in [0.5, 0.6) is 11.5 Å². The van der Waals surface area contributed by atoms with Gasteiger partial charge in [-0.2, -0.15) is 0 Å². The third kappa shape index (κ3) is 3.17. The van der Waals surface area contributed by atoms with Crippen molar-refractivity contribution in [3.05, 3.63) is 78.1 Å². The Bertz CT molecular complexity index is 1170. The Hall–Kier alpha value is -3.53. The van der Waals surface area contributed by atoms with Crippen molar-refractivity contribution < 1.29 is 19.1 Å². The number of carbonyl (C=O) groups is 1. The van der Waals surface area contributed by atoms with Crippen LogP contribution in [0.4, 0.5) is 0 Å². The molecule has 1 N–H and O–H groups in total. The van der Waals surface area contributed by atoms with Gasteiger partial charge in [0.1, 0.15) is 22.8 Å². The predicted octanol–water partition coefficient (Wildman–Crippen LogP) is 5.59. The molecular weight excluding hydrogens is 340 g/mol. The first-order valence-corrected chi connectivity index (χ1v) is 8.76. The summed E-state index contributed by atoms with van der Waals surface area (Å²) in [7, 11) is 0. The van der Waals surface area contributed by atoms with Gasteiger partial charge in [-0.1, -0.05) is 36.4 Å². The molecule has 27 heavy (non-hydrogen) atoms. The normalized spacial score (nSPS) is 11.4. The molecule has 0 aliphatic heterocycles. The first-order valence-electron chi connectivity index (χ1n) is 8.76. The van der Waals surface area contributed by atoms with Gasteiger partial charge in [-0.25, -0.2) is 0 Å². The standard InChI is InChI=1S/C23H18O4/c1-2-26-22-14-23-19(16-7-3-4-8-17(16)22)13-15(27-23)11-12-21(25)18-9-5-6-10-20(18)24/h3-14,24H,2H2,1H3/b12-11+. The van der Waals surface area contributed by atoms with Crippen LogP contribution in [0.1, 0.15) is 23.0 Å². The number of furan rings is 1. The number of carbonyl (C=O) groups excluding carboxylic acids is 1. The zero-order chi connectivity index (χ0) is 18.8. The summed E-state index contributed by atoms with van der Waals surface area (Å²) >= 11 is 0. The number of rotatable bonds is 5. The second-order valence-corrected chi connectivity index (χ2v) is 6.13. The number of aromatic hydroxyl groups is 1. The molecule has 4 nitrogen and oxygen atoms in total. The Kier molecular flexibility index (Phi) is 4.38. The van der Waals surface area contributed by atoms with Crippen LogP contribution in [0.2, 0.25) is 0 Å². The maximum atomic E-state index is 12.3. The highest BCUT2D eigenvalue weighted by atomic mass is 16.5. The lowest BCUT2D eigenvalue weighted by atomic mass is 10.1. The van der Waals surface area contributed by atoms with E-state index >= 15 is 0 Å². The highest BCUT2D eigenvalue weighted by Gasteiger charge is 2.12. The molecule has 0 atom stereocenters. The minimum absolute atomic E-state index is 0.0379. The third-order valence-electron chi connectivity index (χ3n) is 4.39. The van der Waals surface area contributed by atoms with Gasteiger partial charge < -0.3 is 14.3 Å². The van der Waals surface area contributed by atoms with Crippen molar-refractivity contribution in [1.82, 2.24) is 0 Å². The molecule has 0 fully saturated rings. The number of fused-ring (bicyclic) bond motifs is 3. The van der Waals surface area contributed by atoms with Crippen molar-refractivity contribution in [3.63, 3.8) is 0 Å². The Morgan fingerprint density at radius 3 is 2.56 bits per heavy atom. The number of para-hydroxylation sites is 1. The van der Waals surface area contributed by atoms with E-state index in [0.717, 1.165) is 21.9 Å². The zero-order valence-electron chi connectivity index (χ0n) is 14.8. The van der Waals surface area contributed by atoms with Gasteiger partial charge in [0.05, 0.1) is 12.2 Å². The monoisotopic (exact) mass is 358 g/mol. The lowest BCUT2D eigenvalue weighted by molar-refractivity contribution is 0.104. The molecule has 0 saturated carbocycles. The second kappa shape index (κ2) is 7.00. The Morgan fingerprint density at radius 2 is 1.78 bits per heavy atom. The fourth-order valence-corrected chi connectivity index (χ4v) is 3.16. The molecule has 4 aromatic rings. The summed E-state index contributed by atoms with van der Waals surface area (Å²) in [5, 5.41) is 12.8. The smallest absolute Gasteiger partial charge is 0.189 e. The molecule has 0 saturated heterocycles. The van der Waals surface area contributed by atoms with Gasteiger partial charge in [0.2, 0.25) is 0 Å². The predicted molar refractivity (Wildman–Crippen MR) is 106 cm³/mol. The Morgan fingerprint density at radius 1 is 1.04 bits per heavy atom. The van der Waals surface area contributed by atoms with Crippen LogP contribution in [0, 0.1) is 0 Å². The number of benzene rings is 3. The largest absolute Gasteiger partial charge is 0.507 e. The number of allylic oxidation sites excluding steroid dienone is 1. The van der Waals surface area contributed by atoms with Gasteiger partial charge in [0.25, 0.3) is 0 Å². The molecule has 0 aliphatic rings. The minimum atomic E-state index is -0.284. The molecule has 1 aromatic heterocycles. The van der Waals surface area contributed by atoms with Crippen molar-refractivity contribution in [2.45, 2.75) is 6.92 Å². The van der Waals surface area contributed by atoms with E-state index in [1.54, 1.807) is 24.3 Å². The van der Waals surface area contributed by atoms with Gasteiger partial charge in [-0.15, -0.1) is 0 Å². The molecule has 4 heteroatoms. The first-order chi connectivity index (χ1) is 13.2. The van der Waals surface area contributed by atoms with Gasteiger partial charge in [-0.05, 0) is 42.7 Å². The van der Waals surface area contributed by atoms with Gasteiger partial charge in [0.15, 0.2) is 5.78 Å².